The van der Waals surface area contributed by atoms with E-state index in [1.54, 1.807) is 54.6 Å². The van der Waals surface area contributed by atoms with E-state index in [1.807, 2.05) is 12.1 Å². The second-order valence-electron chi connectivity index (χ2n) is 7.38. The Morgan fingerprint density at radius 3 is 2.10 bits per heavy atom. The number of carbonyl (C=O) groups excluding carboxylic acids is 3. The lowest BCUT2D eigenvalue weighted by molar-refractivity contribution is 0.0520. The molecule has 0 bridgehead atoms. The molecule has 0 aliphatic heterocycles. The molecule has 0 saturated heterocycles. The van der Waals surface area contributed by atoms with Gasteiger partial charge in [-0.25, -0.2) is 24.5 Å². The van der Waals surface area contributed by atoms with Crippen LogP contribution in [0.2, 0.25) is 0 Å². The maximum Gasteiger partial charge on any atom is 0.357 e. The van der Waals surface area contributed by atoms with Crippen LogP contribution in [0.25, 0.3) is 31.6 Å². The predicted molar refractivity (Wildman–Crippen MR) is 155 cm³/mol. The molecule has 41 heavy (non-hydrogen) atoms. The summed E-state index contributed by atoms with van der Waals surface area (Å²) in [7, 11) is 0. The van der Waals surface area contributed by atoms with Gasteiger partial charge in [0.15, 0.2) is 10.8 Å². The summed E-state index contributed by atoms with van der Waals surface area (Å²) in [6, 6.07) is 6.78. The second kappa shape index (κ2) is 14.3. The van der Waals surface area contributed by atoms with Gasteiger partial charge in [-0.05, 0) is 41.8 Å². The summed E-state index contributed by atoms with van der Waals surface area (Å²) in [4.78, 5) is 57.5. The largest absolute Gasteiger partial charge is 0.461 e. The van der Waals surface area contributed by atoms with E-state index in [0.717, 1.165) is 27.5 Å². The minimum absolute atomic E-state index is 0.162. The Balaban J connectivity index is 0.000000208. The first kappa shape index (κ1) is 28.9. The smallest absolute Gasteiger partial charge is 0.357 e. The summed E-state index contributed by atoms with van der Waals surface area (Å²) in [5.41, 5.74) is 10.2. The van der Waals surface area contributed by atoms with Crippen LogP contribution in [-0.4, -0.2) is 49.4 Å². The van der Waals surface area contributed by atoms with Gasteiger partial charge in [0, 0.05) is 57.0 Å². The van der Waals surface area contributed by atoms with Gasteiger partial charge in [-0.15, -0.1) is 34.0 Å². The van der Waals surface area contributed by atoms with Crippen molar-refractivity contribution in [2.24, 2.45) is 5.11 Å². The van der Waals surface area contributed by atoms with Crippen LogP contribution in [0.5, 0.6) is 0 Å². The Labute approximate surface area is 243 Å². The van der Waals surface area contributed by atoms with Crippen LogP contribution in [-0.2, 0) is 4.74 Å². The average Bonchev–Trinajstić information content (AvgIpc) is 3.76. The van der Waals surface area contributed by atoms with Gasteiger partial charge in [0.1, 0.15) is 21.5 Å². The standard InChI is InChI=1S/C15H13N5O3S2.C9H5N5OS/c1-2-23-13(21)10-7-25-15(17-10)20-14(22)19-11-8-24-12(18-11)9-3-5-16-6-4-9;10-14-13-8(15)7-5-16-9(12-7)6-1-3-11-4-2-6/h3-8H,2H2,1H3,(H2,17,19,20,22);1-5H. The quantitative estimate of drug-likeness (QED) is 0.0945. The number of anilines is 2. The Morgan fingerprint density at radius 1 is 0.854 bits per heavy atom. The summed E-state index contributed by atoms with van der Waals surface area (Å²) in [6.07, 6.45) is 6.65. The molecular weight excluding hydrogens is 589 g/mol. The minimum atomic E-state index is -0.668. The molecule has 0 spiro atoms. The number of nitrogens with zero attached hydrogens (tertiary/aromatic N) is 8. The van der Waals surface area contributed by atoms with E-state index in [2.05, 4.69) is 45.6 Å². The van der Waals surface area contributed by atoms with E-state index in [9.17, 15) is 14.4 Å². The number of rotatable bonds is 7. The molecule has 0 saturated carbocycles. The van der Waals surface area contributed by atoms with Gasteiger partial charge in [0.2, 0.25) is 0 Å². The molecule has 0 aliphatic rings. The van der Waals surface area contributed by atoms with Gasteiger partial charge in [-0.1, -0.05) is 0 Å². The predicted octanol–water partition coefficient (Wildman–Crippen LogP) is 6.14. The van der Waals surface area contributed by atoms with Crippen LogP contribution in [0.4, 0.5) is 15.7 Å². The molecule has 14 nitrogen and oxygen atoms in total. The van der Waals surface area contributed by atoms with Crippen molar-refractivity contribution in [1.82, 2.24) is 24.9 Å². The fraction of sp³-hybridized carbons (Fsp3) is 0.0833. The number of urea groups is 1. The zero-order chi connectivity index (χ0) is 29.0. The van der Waals surface area contributed by atoms with Crippen molar-refractivity contribution in [3.05, 3.63) is 87.0 Å². The molecule has 0 unspecified atom stereocenters. The normalized spacial score (nSPS) is 9.98. The zero-order valence-electron chi connectivity index (χ0n) is 21.0. The number of hydrogen-bond acceptors (Lipinski definition) is 12. The Morgan fingerprint density at radius 2 is 1.46 bits per heavy atom. The van der Waals surface area contributed by atoms with E-state index >= 15 is 0 Å². The molecular formula is C24H18N10O4S3. The third-order valence-electron chi connectivity index (χ3n) is 4.67. The number of ether oxygens (including phenoxy) is 1. The fourth-order valence-corrected chi connectivity index (χ4v) is 5.16. The van der Waals surface area contributed by atoms with Crippen molar-refractivity contribution in [3.63, 3.8) is 0 Å². The number of esters is 1. The van der Waals surface area contributed by atoms with Crippen LogP contribution in [0.3, 0.4) is 0 Å². The molecule has 5 rings (SSSR count). The molecule has 0 aromatic carbocycles. The molecule has 17 heteroatoms. The van der Waals surface area contributed by atoms with Crippen molar-refractivity contribution >= 4 is 62.9 Å². The topological polar surface area (TPSA) is 198 Å². The van der Waals surface area contributed by atoms with E-state index in [-0.39, 0.29) is 18.0 Å². The number of carbonyl (C=O) groups is 3. The maximum absolute atomic E-state index is 12.0. The molecule has 2 N–H and O–H groups in total. The van der Waals surface area contributed by atoms with E-state index in [4.69, 9.17) is 10.3 Å². The van der Waals surface area contributed by atoms with Crippen molar-refractivity contribution < 1.29 is 19.1 Å². The molecule has 3 amide bonds. The van der Waals surface area contributed by atoms with Crippen molar-refractivity contribution in [3.8, 4) is 21.1 Å². The lowest BCUT2D eigenvalue weighted by atomic mass is 10.3. The van der Waals surface area contributed by atoms with Crippen LogP contribution < -0.4 is 10.6 Å². The highest BCUT2D eigenvalue weighted by Gasteiger charge is 2.14. The molecule has 5 heterocycles. The number of thiazole rings is 3. The first-order valence-corrected chi connectivity index (χ1v) is 14.1. The maximum atomic E-state index is 12.0. The molecule has 5 aromatic rings. The van der Waals surface area contributed by atoms with Gasteiger partial charge in [-0.2, -0.15) is 0 Å². The van der Waals surface area contributed by atoms with Gasteiger partial charge in [0.25, 0.3) is 5.91 Å². The van der Waals surface area contributed by atoms with E-state index < -0.39 is 17.9 Å². The van der Waals surface area contributed by atoms with Gasteiger partial charge < -0.3 is 4.74 Å². The van der Waals surface area contributed by atoms with Crippen molar-refractivity contribution in [2.45, 2.75) is 6.92 Å². The Bertz CT molecular complexity index is 1680. The molecule has 5 aromatic heterocycles. The Kier molecular flexibility index (Phi) is 10.1. The number of hydrogen-bond donors (Lipinski definition) is 2. The number of amides is 3. The second-order valence-corrected chi connectivity index (χ2v) is 9.95. The first-order chi connectivity index (χ1) is 20.0. The number of aromatic nitrogens is 5. The van der Waals surface area contributed by atoms with Crippen molar-refractivity contribution in [1.29, 1.82) is 0 Å². The number of azide groups is 1. The first-order valence-electron chi connectivity index (χ1n) is 11.5. The average molecular weight is 607 g/mol. The minimum Gasteiger partial charge on any atom is -0.461 e. The highest BCUT2D eigenvalue weighted by molar-refractivity contribution is 7.14. The molecule has 0 aliphatic carbocycles. The molecule has 0 radical (unpaired) electrons. The summed E-state index contributed by atoms with van der Waals surface area (Å²) >= 11 is 3.86. The highest BCUT2D eigenvalue weighted by atomic mass is 32.1. The lowest BCUT2D eigenvalue weighted by Crippen LogP contribution is -2.19. The summed E-state index contributed by atoms with van der Waals surface area (Å²) in [5.74, 6) is -0.760. The number of pyridine rings is 2. The van der Waals surface area contributed by atoms with Gasteiger partial charge in [0.05, 0.1) is 6.61 Å². The fourth-order valence-electron chi connectivity index (χ4n) is 2.92. The van der Waals surface area contributed by atoms with E-state index in [1.165, 1.54) is 28.1 Å². The highest BCUT2D eigenvalue weighted by Crippen LogP contribution is 2.26. The zero-order valence-corrected chi connectivity index (χ0v) is 23.4. The third-order valence-corrected chi connectivity index (χ3v) is 7.21. The van der Waals surface area contributed by atoms with Gasteiger partial charge >= 0.3 is 12.0 Å². The summed E-state index contributed by atoms with van der Waals surface area (Å²) < 4.78 is 4.85. The lowest BCUT2D eigenvalue weighted by Gasteiger charge is -2.02. The summed E-state index contributed by atoms with van der Waals surface area (Å²) in [6.45, 7) is 1.98. The van der Waals surface area contributed by atoms with Crippen LogP contribution in [0.1, 0.15) is 27.9 Å². The van der Waals surface area contributed by atoms with Crippen molar-refractivity contribution in [2.75, 3.05) is 17.2 Å². The molecule has 0 fully saturated rings. The van der Waals surface area contributed by atoms with Gasteiger partial charge in [-0.3, -0.25) is 25.4 Å². The molecule has 0 atom stereocenters. The van der Waals surface area contributed by atoms with E-state index in [0.29, 0.717) is 16.0 Å². The Hall–Kier alpha value is -5.09. The molecule has 206 valence electrons. The summed E-state index contributed by atoms with van der Waals surface area (Å²) in [5, 5.41) is 14.8. The van der Waals surface area contributed by atoms with Crippen LogP contribution in [0, 0.1) is 0 Å². The van der Waals surface area contributed by atoms with Crippen LogP contribution >= 0.6 is 34.0 Å². The number of nitrogens with one attached hydrogen (secondary N) is 2. The SMILES string of the molecule is CCOC(=O)c1csc(NC(=O)Nc2csc(-c3ccncc3)n2)n1.[N-]=[N+]=NC(=O)c1csc(-c2ccncc2)n1. The third kappa shape index (κ3) is 8.20. The monoisotopic (exact) mass is 606 g/mol. The van der Waals surface area contributed by atoms with Crippen LogP contribution in [0.15, 0.2) is 70.3 Å².